The standard InChI is InChI=1S/C24H23N3O2S/c1-17(12-13-18-8-4-2-5-9-18)26-22(28)15-27-16-25-23-20(24(27)29)14-21(30-23)19-10-6-3-7-11-19/h2-11,14,16-17H,12-13,15H2,1H3,(H,26,28)/t17-/m0/s1. The Bertz CT molecular complexity index is 1200. The number of hydrogen-bond acceptors (Lipinski definition) is 4. The zero-order valence-corrected chi connectivity index (χ0v) is 17.6. The molecule has 5 nitrogen and oxygen atoms in total. The summed E-state index contributed by atoms with van der Waals surface area (Å²) in [6.45, 7) is 1.95. The van der Waals surface area contributed by atoms with Gasteiger partial charge in [0.25, 0.3) is 5.56 Å². The maximum atomic E-state index is 12.9. The van der Waals surface area contributed by atoms with Gasteiger partial charge in [-0.15, -0.1) is 11.3 Å². The first-order chi connectivity index (χ1) is 14.6. The molecule has 1 amide bonds. The van der Waals surface area contributed by atoms with Crippen molar-refractivity contribution in [3.8, 4) is 10.4 Å². The van der Waals surface area contributed by atoms with Crippen molar-refractivity contribution in [1.82, 2.24) is 14.9 Å². The third kappa shape index (κ3) is 4.66. The van der Waals surface area contributed by atoms with Crippen molar-refractivity contribution in [2.75, 3.05) is 0 Å². The zero-order valence-electron chi connectivity index (χ0n) is 16.7. The number of nitrogens with one attached hydrogen (secondary N) is 1. The number of aryl methyl sites for hydroxylation is 1. The molecular weight excluding hydrogens is 394 g/mol. The molecule has 0 saturated carbocycles. The summed E-state index contributed by atoms with van der Waals surface area (Å²) in [7, 11) is 0. The second-order valence-electron chi connectivity index (χ2n) is 7.37. The number of fused-ring (bicyclic) bond motifs is 1. The molecule has 2 aromatic heterocycles. The van der Waals surface area contributed by atoms with Gasteiger partial charge in [-0.1, -0.05) is 60.7 Å². The third-order valence-corrected chi connectivity index (χ3v) is 6.10. The Balaban J connectivity index is 1.42. The number of benzene rings is 2. The number of thiophene rings is 1. The summed E-state index contributed by atoms with van der Waals surface area (Å²) in [6.07, 6.45) is 3.20. The van der Waals surface area contributed by atoms with E-state index in [4.69, 9.17) is 0 Å². The fourth-order valence-corrected chi connectivity index (χ4v) is 4.39. The lowest BCUT2D eigenvalue weighted by Gasteiger charge is -2.14. The van der Waals surface area contributed by atoms with Crippen LogP contribution in [0.3, 0.4) is 0 Å². The summed E-state index contributed by atoms with van der Waals surface area (Å²) >= 11 is 1.48. The molecule has 2 aromatic carbocycles. The van der Waals surface area contributed by atoms with Crippen LogP contribution in [0.25, 0.3) is 20.7 Å². The van der Waals surface area contributed by atoms with Crippen LogP contribution in [0, 0.1) is 0 Å². The van der Waals surface area contributed by atoms with Crippen LogP contribution in [0.15, 0.2) is 77.9 Å². The second-order valence-corrected chi connectivity index (χ2v) is 8.40. The van der Waals surface area contributed by atoms with E-state index in [0.717, 1.165) is 23.3 Å². The van der Waals surface area contributed by atoms with Crippen molar-refractivity contribution >= 4 is 27.5 Å². The lowest BCUT2D eigenvalue weighted by atomic mass is 10.1. The van der Waals surface area contributed by atoms with E-state index in [9.17, 15) is 9.59 Å². The molecule has 1 atom stereocenters. The molecule has 0 bridgehead atoms. The van der Waals surface area contributed by atoms with Crippen LogP contribution in [0.2, 0.25) is 0 Å². The molecule has 1 N–H and O–H groups in total. The molecule has 152 valence electrons. The molecule has 0 aliphatic rings. The van der Waals surface area contributed by atoms with Gasteiger partial charge in [0.2, 0.25) is 5.91 Å². The number of aromatic nitrogens is 2. The third-order valence-electron chi connectivity index (χ3n) is 5.01. The molecule has 0 aliphatic heterocycles. The molecule has 0 radical (unpaired) electrons. The molecule has 0 fully saturated rings. The summed E-state index contributed by atoms with van der Waals surface area (Å²) in [6, 6.07) is 22.0. The minimum atomic E-state index is -0.189. The largest absolute Gasteiger partial charge is 0.352 e. The molecule has 2 heterocycles. The van der Waals surface area contributed by atoms with E-state index in [-0.39, 0.29) is 24.1 Å². The van der Waals surface area contributed by atoms with E-state index in [1.807, 2.05) is 61.5 Å². The summed E-state index contributed by atoms with van der Waals surface area (Å²) in [5.74, 6) is -0.183. The maximum absolute atomic E-state index is 12.9. The molecule has 4 rings (SSSR count). The first-order valence-electron chi connectivity index (χ1n) is 9.98. The number of carbonyl (C=O) groups excluding carboxylic acids is 1. The number of nitrogens with zero attached hydrogens (tertiary/aromatic N) is 2. The predicted molar refractivity (Wildman–Crippen MR) is 122 cm³/mol. The summed E-state index contributed by atoms with van der Waals surface area (Å²) < 4.78 is 1.38. The summed E-state index contributed by atoms with van der Waals surface area (Å²) in [4.78, 5) is 31.4. The minimum Gasteiger partial charge on any atom is -0.352 e. The van der Waals surface area contributed by atoms with E-state index in [0.29, 0.717) is 10.2 Å². The molecule has 0 unspecified atom stereocenters. The normalized spacial score (nSPS) is 12.0. The van der Waals surface area contributed by atoms with Gasteiger partial charge in [-0.3, -0.25) is 14.2 Å². The highest BCUT2D eigenvalue weighted by Crippen LogP contribution is 2.30. The fourth-order valence-electron chi connectivity index (χ4n) is 3.39. The molecular formula is C24H23N3O2S. The monoisotopic (exact) mass is 417 g/mol. The van der Waals surface area contributed by atoms with E-state index >= 15 is 0 Å². The van der Waals surface area contributed by atoms with Gasteiger partial charge in [-0.25, -0.2) is 4.98 Å². The number of rotatable bonds is 7. The Morgan fingerprint density at radius 3 is 2.53 bits per heavy atom. The molecule has 30 heavy (non-hydrogen) atoms. The van der Waals surface area contributed by atoms with Gasteiger partial charge in [0, 0.05) is 10.9 Å². The van der Waals surface area contributed by atoms with Gasteiger partial charge in [-0.05, 0) is 37.0 Å². The van der Waals surface area contributed by atoms with Crippen LogP contribution in [0.1, 0.15) is 18.9 Å². The highest BCUT2D eigenvalue weighted by atomic mass is 32.1. The van der Waals surface area contributed by atoms with Gasteiger partial charge in [0.15, 0.2) is 0 Å². The maximum Gasteiger partial charge on any atom is 0.262 e. The topological polar surface area (TPSA) is 64.0 Å². The minimum absolute atomic E-state index is 0.0240. The Morgan fingerprint density at radius 2 is 1.80 bits per heavy atom. The van der Waals surface area contributed by atoms with Crippen molar-refractivity contribution in [2.24, 2.45) is 0 Å². The van der Waals surface area contributed by atoms with Gasteiger partial charge >= 0.3 is 0 Å². The summed E-state index contributed by atoms with van der Waals surface area (Å²) in [5.41, 5.74) is 2.11. The predicted octanol–water partition coefficient (Wildman–Crippen LogP) is 4.26. The van der Waals surface area contributed by atoms with Crippen molar-refractivity contribution in [3.05, 3.63) is 89.0 Å². The van der Waals surface area contributed by atoms with E-state index < -0.39 is 0 Å². The van der Waals surface area contributed by atoms with Crippen molar-refractivity contribution in [3.63, 3.8) is 0 Å². The number of amides is 1. The quantitative estimate of drug-likeness (QED) is 0.489. The Kier molecular flexibility index (Phi) is 6.05. The van der Waals surface area contributed by atoms with Gasteiger partial charge in [0.1, 0.15) is 11.4 Å². The molecule has 0 saturated heterocycles. The van der Waals surface area contributed by atoms with Gasteiger partial charge in [0.05, 0.1) is 11.7 Å². The van der Waals surface area contributed by atoms with Crippen LogP contribution in [-0.4, -0.2) is 21.5 Å². The average molecular weight is 418 g/mol. The Labute approximate surface area is 179 Å². The second kappa shape index (κ2) is 9.05. The molecule has 6 heteroatoms. The lowest BCUT2D eigenvalue weighted by Crippen LogP contribution is -2.37. The Hall–Kier alpha value is -3.25. The van der Waals surface area contributed by atoms with Crippen LogP contribution >= 0.6 is 11.3 Å². The van der Waals surface area contributed by atoms with Crippen molar-refractivity contribution in [2.45, 2.75) is 32.4 Å². The zero-order chi connectivity index (χ0) is 20.9. The van der Waals surface area contributed by atoms with Gasteiger partial charge in [-0.2, -0.15) is 0 Å². The first kappa shape index (κ1) is 20.0. The fraction of sp³-hybridized carbons (Fsp3) is 0.208. The Morgan fingerprint density at radius 1 is 1.10 bits per heavy atom. The summed E-state index contributed by atoms with van der Waals surface area (Å²) in [5, 5.41) is 3.53. The highest BCUT2D eigenvalue weighted by Gasteiger charge is 2.13. The molecule has 4 aromatic rings. The average Bonchev–Trinajstić information content (AvgIpc) is 3.21. The van der Waals surface area contributed by atoms with Crippen molar-refractivity contribution < 1.29 is 4.79 Å². The van der Waals surface area contributed by atoms with E-state index in [1.165, 1.54) is 27.8 Å². The van der Waals surface area contributed by atoms with Crippen LogP contribution in [-0.2, 0) is 17.8 Å². The van der Waals surface area contributed by atoms with Crippen LogP contribution < -0.4 is 10.9 Å². The molecule has 0 spiro atoms. The van der Waals surface area contributed by atoms with Gasteiger partial charge < -0.3 is 5.32 Å². The molecule has 0 aliphatic carbocycles. The van der Waals surface area contributed by atoms with Crippen molar-refractivity contribution in [1.29, 1.82) is 0 Å². The van der Waals surface area contributed by atoms with E-state index in [1.54, 1.807) is 0 Å². The first-order valence-corrected chi connectivity index (χ1v) is 10.8. The van der Waals surface area contributed by atoms with Crippen LogP contribution in [0.5, 0.6) is 0 Å². The smallest absolute Gasteiger partial charge is 0.262 e. The number of carbonyl (C=O) groups is 1. The van der Waals surface area contributed by atoms with Crippen LogP contribution in [0.4, 0.5) is 0 Å². The SMILES string of the molecule is C[C@@H](CCc1ccccc1)NC(=O)Cn1cnc2sc(-c3ccccc3)cc2c1=O. The number of hydrogen-bond donors (Lipinski definition) is 1. The lowest BCUT2D eigenvalue weighted by molar-refractivity contribution is -0.122. The van der Waals surface area contributed by atoms with E-state index in [2.05, 4.69) is 22.4 Å². The highest BCUT2D eigenvalue weighted by molar-refractivity contribution is 7.21.